The van der Waals surface area contributed by atoms with Gasteiger partial charge >= 0.3 is 0 Å². The zero-order chi connectivity index (χ0) is 20.2. The average molecular weight is 415 g/mol. The number of carbonyl (C=O) groups excluding carboxylic acids is 1. The van der Waals surface area contributed by atoms with Crippen LogP contribution < -0.4 is 16.0 Å². The normalized spacial score (nSPS) is 16.9. The molecule has 1 atom stereocenters. The van der Waals surface area contributed by atoms with Gasteiger partial charge in [-0.3, -0.25) is 9.78 Å². The second-order valence-corrected chi connectivity index (χ2v) is 7.31. The molecule has 1 saturated heterocycles. The first-order valence-corrected chi connectivity index (χ1v) is 9.95. The highest BCUT2D eigenvalue weighted by atomic mass is 35.5. The van der Waals surface area contributed by atoms with Crippen LogP contribution in [0.3, 0.4) is 0 Å². The number of anilines is 1. The van der Waals surface area contributed by atoms with Gasteiger partial charge in [0.1, 0.15) is 0 Å². The summed E-state index contributed by atoms with van der Waals surface area (Å²) in [5.74, 6) is 0.774. The van der Waals surface area contributed by atoms with Gasteiger partial charge in [0.25, 0.3) is 0 Å². The first-order valence-electron chi connectivity index (χ1n) is 9.57. The van der Waals surface area contributed by atoms with Crippen molar-refractivity contribution in [2.45, 2.75) is 12.5 Å². The zero-order valence-corrected chi connectivity index (χ0v) is 16.7. The van der Waals surface area contributed by atoms with Crippen LogP contribution in [0.2, 0.25) is 5.02 Å². The number of hydrogen-bond donors (Lipinski definition) is 2. The monoisotopic (exact) mass is 414 g/mol. The largest absolute Gasteiger partial charge is 0.377 e. The fourth-order valence-electron chi connectivity index (χ4n) is 3.54. The molecule has 0 radical (unpaired) electrons. The van der Waals surface area contributed by atoms with E-state index >= 15 is 0 Å². The summed E-state index contributed by atoms with van der Waals surface area (Å²) in [5.41, 5.74) is 7.27. The lowest BCUT2D eigenvalue weighted by Crippen LogP contribution is -2.48. The summed E-state index contributed by atoms with van der Waals surface area (Å²) in [6, 6.07) is 9.35. The molecule has 1 aromatic carbocycles. The van der Waals surface area contributed by atoms with Gasteiger partial charge in [0.2, 0.25) is 5.91 Å². The predicted molar refractivity (Wildman–Crippen MR) is 113 cm³/mol. The number of nitrogens with two attached hydrogens (primary N) is 1. The van der Waals surface area contributed by atoms with Crippen LogP contribution in [0.4, 0.5) is 5.82 Å². The topological polar surface area (TPSA) is 98.3 Å². The standard InChI is InChI=1S/C20H23ClN6O2/c21-14-1-3-15(4-2-14)27-18-12-23-7-5-17(18)20(25-27)26-9-10-29-13-16(26)11-19(28)24-8-6-22/h1-5,7,12,16H,6,8-11,13,22H2,(H,24,28). The molecule has 0 spiro atoms. The second kappa shape index (κ2) is 8.77. The van der Waals surface area contributed by atoms with Crippen molar-refractivity contribution in [3.63, 3.8) is 0 Å². The lowest BCUT2D eigenvalue weighted by Gasteiger charge is -2.35. The molecule has 0 bridgehead atoms. The Kier molecular flexibility index (Phi) is 5.94. The van der Waals surface area contributed by atoms with Crippen LogP contribution in [0.15, 0.2) is 42.7 Å². The van der Waals surface area contributed by atoms with E-state index in [0.29, 0.717) is 44.3 Å². The van der Waals surface area contributed by atoms with E-state index in [2.05, 4.69) is 15.2 Å². The van der Waals surface area contributed by atoms with Gasteiger partial charge in [0.15, 0.2) is 5.82 Å². The Balaban J connectivity index is 1.70. The third-order valence-electron chi connectivity index (χ3n) is 4.92. The Morgan fingerprint density at radius 2 is 2.14 bits per heavy atom. The smallest absolute Gasteiger partial charge is 0.222 e. The van der Waals surface area contributed by atoms with E-state index in [1.807, 2.05) is 35.0 Å². The number of halogens is 1. The molecule has 29 heavy (non-hydrogen) atoms. The van der Waals surface area contributed by atoms with Crippen molar-refractivity contribution in [3.8, 4) is 5.69 Å². The summed E-state index contributed by atoms with van der Waals surface area (Å²) < 4.78 is 7.50. The summed E-state index contributed by atoms with van der Waals surface area (Å²) in [4.78, 5) is 18.7. The minimum absolute atomic E-state index is 0.0425. The minimum atomic E-state index is -0.105. The van der Waals surface area contributed by atoms with Crippen molar-refractivity contribution in [2.24, 2.45) is 5.73 Å². The Hall–Kier alpha value is -2.68. The molecular formula is C20H23ClN6O2. The van der Waals surface area contributed by atoms with Crippen molar-refractivity contribution in [2.75, 3.05) is 37.7 Å². The van der Waals surface area contributed by atoms with E-state index in [4.69, 9.17) is 27.2 Å². The van der Waals surface area contributed by atoms with Crippen molar-refractivity contribution in [1.29, 1.82) is 0 Å². The fraction of sp³-hybridized carbons (Fsp3) is 0.350. The van der Waals surface area contributed by atoms with Crippen LogP contribution in [0.5, 0.6) is 0 Å². The number of hydrogen-bond acceptors (Lipinski definition) is 6. The maximum Gasteiger partial charge on any atom is 0.222 e. The Labute approximate surface area is 173 Å². The van der Waals surface area contributed by atoms with Crippen LogP contribution in [0.25, 0.3) is 16.6 Å². The van der Waals surface area contributed by atoms with Crippen LogP contribution in [-0.4, -0.2) is 59.6 Å². The van der Waals surface area contributed by atoms with Gasteiger partial charge in [-0.1, -0.05) is 11.6 Å². The molecule has 1 amide bonds. The number of morpholine rings is 1. The van der Waals surface area contributed by atoms with E-state index < -0.39 is 0 Å². The molecule has 0 aliphatic carbocycles. The van der Waals surface area contributed by atoms with E-state index in [1.54, 1.807) is 12.4 Å². The van der Waals surface area contributed by atoms with Gasteiger partial charge in [-0.25, -0.2) is 4.68 Å². The van der Waals surface area contributed by atoms with Gasteiger partial charge in [-0.15, -0.1) is 5.10 Å². The highest BCUT2D eigenvalue weighted by molar-refractivity contribution is 6.30. The number of fused-ring (bicyclic) bond motifs is 1. The molecule has 0 saturated carbocycles. The summed E-state index contributed by atoms with van der Waals surface area (Å²) in [5, 5.41) is 9.36. The number of amides is 1. The second-order valence-electron chi connectivity index (χ2n) is 6.87. The molecule has 1 unspecified atom stereocenters. The highest BCUT2D eigenvalue weighted by Gasteiger charge is 2.29. The quantitative estimate of drug-likeness (QED) is 0.637. The lowest BCUT2D eigenvalue weighted by atomic mass is 10.1. The molecule has 2 aromatic heterocycles. The molecule has 8 nitrogen and oxygen atoms in total. The number of rotatable bonds is 6. The molecule has 3 heterocycles. The van der Waals surface area contributed by atoms with E-state index in [1.165, 1.54) is 0 Å². The zero-order valence-electron chi connectivity index (χ0n) is 15.9. The van der Waals surface area contributed by atoms with Crippen molar-refractivity contribution >= 4 is 34.2 Å². The first kappa shape index (κ1) is 19.6. The molecule has 9 heteroatoms. The number of nitrogens with zero attached hydrogens (tertiary/aromatic N) is 4. The van der Waals surface area contributed by atoms with Crippen molar-refractivity contribution in [1.82, 2.24) is 20.1 Å². The predicted octanol–water partition coefficient (Wildman–Crippen LogP) is 1.74. The van der Waals surface area contributed by atoms with Crippen LogP contribution in [0.1, 0.15) is 6.42 Å². The third kappa shape index (κ3) is 4.19. The molecule has 3 aromatic rings. The average Bonchev–Trinajstić information content (AvgIpc) is 3.13. The molecule has 1 fully saturated rings. The number of benzene rings is 1. The van der Waals surface area contributed by atoms with Crippen molar-refractivity contribution in [3.05, 3.63) is 47.7 Å². The van der Waals surface area contributed by atoms with Gasteiger partial charge in [0, 0.05) is 42.7 Å². The van der Waals surface area contributed by atoms with Gasteiger partial charge in [-0.05, 0) is 30.3 Å². The summed E-state index contributed by atoms with van der Waals surface area (Å²) in [6.07, 6.45) is 3.87. The highest BCUT2D eigenvalue weighted by Crippen LogP contribution is 2.31. The summed E-state index contributed by atoms with van der Waals surface area (Å²) >= 11 is 6.04. The SMILES string of the molecule is NCCNC(=O)CC1COCCN1c1nn(-c2ccc(Cl)cc2)c2cnccc12. The lowest BCUT2D eigenvalue weighted by molar-refractivity contribution is -0.121. The van der Waals surface area contributed by atoms with Crippen molar-refractivity contribution < 1.29 is 9.53 Å². The van der Waals surface area contributed by atoms with Gasteiger partial charge in [-0.2, -0.15) is 0 Å². The Morgan fingerprint density at radius 1 is 1.31 bits per heavy atom. The molecule has 1 aliphatic rings. The van der Waals surface area contributed by atoms with Crippen LogP contribution >= 0.6 is 11.6 Å². The molecule has 4 rings (SSSR count). The number of ether oxygens (including phenoxy) is 1. The van der Waals surface area contributed by atoms with Gasteiger partial charge in [0.05, 0.1) is 36.7 Å². The molecule has 1 aliphatic heterocycles. The van der Waals surface area contributed by atoms with Gasteiger partial charge < -0.3 is 20.7 Å². The fourth-order valence-corrected chi connectivity index (χ4v) is 3.66. The molecule has 152 valence electrons. The Bertz CT molecular complexity index is 990. The van der Waals surface area contributed by atoms with E-state index in [9.17, 15) is 4.79 Å². The number of nitrogens with one attached hydrogen (secondary N) is 1. The van der Waals surface area contributed by atoms with Crippen LogP contribution in [-0.2, 0) is 9.53 Å². The molecule has 3 N–H and O–H groups in total. The third-order valence-corrected chi connectivity index (χ3v) is 5.17. The first-order chi connectivity index (χ1) is 14.2. The van der Waals surface area contributed by atoms with Crippen LogP contribution in [0, 0.1) is 0 Å². The summed E-state index contributed by atoms with van der Waals surface area (Å²) in [6.45, 7) is 2.59. The molecular weight excluding hydrogens is 392 g/mol. The number of carbonyl (C=O) groups is 1. The minimum Gasteiger partial charge on any atom is -0.377 e. The van der Waals surface area contributed by atoms with E-state index in [-0.39, 0.29) is 11.9 Å². The Morgan fingerprint density at radius 3 is 2.93 bits per heavy atom. The maximum absolute atomic E-state index is 12.3. The number of pyridine rings is 1. The van der Waals surface area contributed by atoms with E-state index in [0.717, 1.165) is 22.4 Å². The number of aromatic nitrogens is 3. The summed E-state index contributed by atoms with van der Waals surface area (Å²) in [7, 11) is 0. The maximum atomic E-state index is 12.3.